The Balaban J connectivity index is 1.38. The first-order valence-corrected chi connectivity index (χ1v) is 12.0. The van der Waals surface area contributed by atoms with E-state index in [1.807, 2.05) is 49.6 Å². The summed E-state index contributed by atoms with van der Waals surface area (Å²) in [5.74, 6) is 0.724. The largest absolute Gasteiger partial charge is 0.461 e. The molecule has 0 unspecified atom stereocenters. The molecule has 10 heteroatoms. The average Bonchev–Trinajstić information content (AvgIpc) is 3.54. The Morgan fingerprint density at radius 2 is 1.79 bits per heavy atom. The zero-order chi connectivity index (χ0) is 23.8. The van der Waals surface area contributed by atoms with Gasteiger partial charge in [-0.05, 0) is 43.7 Å². The van der Waals surface area contributed by atoms with Crippen LogP contribution in [0.3, 0.4) is 0 Å². The van der Waals surface area contributed by atoms with E-state index in [0.717, 1.165) is 32.7 Å². The standard InChI is InChI=1S/C24H19N5O3S2/c1-12-19-13(2)25-21(18-5-4-10-32-18)28-23(19)34-20(12)22(31)29-24-27-17(11-33-24)15-6-8-16(9-7-15)26-14(3)30/h4-11H,1-3H3,(H,26,30)(H,27,29,31). The second-order valence-electron chi connectivity index (χ2n) is 7.60. The third kappa shape index (κ3) is 4.20. The second kappa shape index (κ2) is 8.81. The molecule has 4 heterocycles. The summed E-state index contributed by atoms with van der Waals surface area (Å²) in [4.78, 5) is 39.3. The van der Waals surface area contributed by atoms with Gasteiger partial charge < -0.3 is 9.73 Å². The third-order valence-corrected chi connectivity index (χ3v) is 7.09. The molecule has 2 amide bonds. The van der Waals surface area contributed by atoms with Gasteiger partial charge in [0.05, 0.1) is 22.5 Å². The van der Waals surface area contributed by atoms with Crippen LogP contribution in [-0.2, 0) is 4.79 Å². The lowest BCUT2D eigenvalue weighted by atomic mass is 10.1. The van der Waals surface area contributed by atoms with Crippen LogP contribution in [0, 0.1) is 13.8 Å². The van der Waals surface area contributed by atoms with Gasteiger partial charge in [-0.15, -0.1) is 22.7 Å². The number of hydrogen-bond acceptors (Lipinski definition) is 8. The first-order chi connectivity index (χ1) is 16.4. The highest BCUT2D eigenvalue weighted by molar-refractivity contribution is 7.21. The Bertz CT molecular complexity index is 1520. The van der Waals surface area contributed by atoms with Crippen LogP contribution in [-0.4, -0.2) is 26.8 Å². The molecule has 0 aliphatic carbocycles. The van der Waals surface area contributed by atoms with Crippen molar-refractivity contribution in [3.05, 3.63) is 64.2 Å². The molecule has 0 spiro atoms. The van der Waals surface area contributed by atoms with Crippen LogP contribution in [0.2, 0.25) is 0 Å². The fraction of sp³-hybridized carbons (Fsp3) is 0.125. The van der Waals surface area contributed by atoms with Crippen molar-refractivity contribution in [1.82, 2.24) is 15.0 Å². The summed E-state index contributed by atoms with van der Waals surface area (Å²) in [6, 6.07) is 11.0. The van der Waals surface area contributed by atoms with E-state index in [1.165, 1.54) is 29.6 Å². The number of benzene rings is 1. The van der Waals surface area contributed by atoms with Gasteiger partial charge in [0, 0.05) is 28.9 Å². The SMILES string of the molecule is CC(=O)Nc1ccc(-c2csc(NC(=O)c3sc4nc(-c5ccco5)nc(C)c4c3C)n2)cc1. The molecule has 0 saturated heterocycles. The van der Waals surface area contributed by atoms with Crippen LogP contribution in [0.5, 0.6) is 0 Å². The van der Waals surface area contributed by atoms with Gasteiger partial charge in [-0.3, -0.25) is 14.9 Å². The maximum atomic E-state index is 13.1. The predicted molar refractivity (Wildman–Crippen MR) is 134 cm³/mol. The van der Waals surface area contributed by atoms with Gasteiger partial charge in [0.25, 0.3) is 5.91 Å². The highest BCUT2D eigenvalue weighted by Gasteiger charge is 2.21. The molecule has 5 rings (SSSR count). The van der Waals surface area contributed by atoms with E-state index < -0.39 is 0 Å². The molecular formula is C24H19N5O3S2. The Morgan fingerprint density at radius 3 is 2.50 bits per heavy atom. The molecule has 170 valence electrons. The van der Waals surface area contributed by atoms with Crippen LogP contribution in [0.25, 0.3) is 33.1 Å². The number of carbonyl (C=O) groups is 2. The second-order valence-corrected chi connectivity index (χ2v) is 9.45. The van der Waals surface area contributed by atoms with Crippen LogP contribution in [0.15, 0.2) is 52.5 Å². The van der Waals surface area contributed by atoms with Gasteiger partial charge in [0.15, 0.2) is 16.7 Å². The Morgan fingerprint density at radius 1 is 1.00 bits per heavy atom. The van der Waals surface area contributed by atoms with E-state index in [2.05, 4.69) is 25.6 Å². The van der Waals surface area contributed by atoms with Gasteiger partial charge in [-0.25, -0.2) is 15.0 Å². The smallest absolute Gasteiger partial charge is 0.267 e. The first-order valence-electron chi connectivity index (χ1n) is 10.4. The molecule has 5 aromatic rings. The molecule has 0 saturated carbocycles. The fourth-order valence-electron chi connectivity index (χ4n) is 3.62. The summed E-state index contributed by atoms with van der Waals surface area (Å²) in [6.45, 7) is 5.27. The zero-order valence-corrected chi connectivity index (χ0v) is 20.1. The monoisotopic (exact) mass is 489 g/mol. The molecule has 0 fully saturated rings. The number of rotatable bonds is 5. The van der Waals surface area contributed by atoms with Gasteiger partial charge in [-0.2, -0.15) is 0 Å². The van der Waals surface area contributed by atoms with Crippen molar-refractivity contribution in [1.29, 1.82) is 0 Å². The zero-order valence-electron chi connectivity index (χ0n) is 18.5. The first kappa shape index (κ1) is 21.9. The van der Waals surface area contributed by atoms with E-state index in [-0.39, 0.29) is 11.8 Å². The predicted octanol–water partition coefficient (Wildman–Crippen LogP) is 5.90. The minimum Gasteiger partial charge on any atom is -0.461 e. The van der Waals surface area contributed by atoms with Crippen molar-refractivity contribution in [2.45, 2.75) is 20.8 Å². The Hall–Kier alpha value is -3.89. The number of thiazole rings is 1. The number of aryl methyl sites for hydroxylation is 2. The van der Waals surface area contributed by atoms with Gasteiger partial charge >= 0.3 is 0 Å². The molecule has 0 radical (unpaired) electrons. The van der Waals surface area contributed by atoms with Crippen molar-refractivity contribution < 1.29 is 14.0 Å². The number of hydrogen-bond donors (Lipinski definition) is 2. The topological polar surface area (TPSA) is 110 Å². The van der Waals surface area contributed by atoms with Crippen LogP contribution >= 0.6 is 22.7 Å². The minimum absolute atomic E-state index is 0.124. The molecule has 4 aromatic heterocycles. The van der Waals surface area contributed by atoms with Crippen LogP contribution < -0.4 is 10.6 Å². The van der Waals surface area contributed by atoms with E-state index in [4.69, 9.17) is 4.42 Å². The molecular weight excluding hydrogens is 470 g/mol. The number of anilines is 2. The molecule has 0 bridgehead atoms. The number of thiophene rings is 1. The van der Waals surface area contributed by atoms with Crippen molar-refractivity contribution in [3.63, 3.8) is 0 Å². The summed E-state index contributed by atoms with van der Waals surface area (Å²) >= 11 is 2.67. The van der Waals surface area contributed by atoms with Gasteiger partial charge in [0.1, 0.15) is 4.83 Å². The fourth-order valence-corrected chi connectivity index (χ4v) is 5.46. The normalized spacial score (nSPS) is 11.0. The maximum Gasteiger partial charge on any atom is 0.267 e. The summed E-state index contributed by atoms with van der Waals surface area (Å²) in [5.41, 5.74) is 3.98. The number of nitrogens with one attached hydrogen (secondary N) is 2. The maximum absolute atomic E-state index is 13.1. The molecule has 0 aliphatic heterocycles. The number of fused-ring (bicyclic) bond motifs is 1. The quantitative estimate of drug-likeness (QED) is 0.318. The summed E-state index contributed by atoms with van der Waals surface area (Å²) in [7, 11) is 0. The summed E-state index contributed by atoms with van der Waals surface area (Å²) in [5, 5.41) is 8.90. The Kier molecular flexibility index (Phi) is 5.68. The van der Waals surface area contributed by atoms with Gasteiger partial charge in [-0.1, -0.05) is 12.1 Å². The van der Waals surface area contributed by atoms with Gasteiger partial charge in [0.2, 0.25) is 5.91 Å². The van der Waals surface area contributed by atoms with E-state index in [9.17, 15) is 9.59 Å². The molecule has 1 aromatic carbocycles. The number of carbonyl (C=O) groups excluding carboxylic acids is 2. The minimum atomic E-state index is -0.235. The van der Waals surface area contributed by atoms with Crippen molar-refractivity contribution in [2.24, 2.45) is 0 Å². The molecule has 8 nitrogen and oxygen atoms in total. The third-order valence-electron chi connectivity index (χ3n) is 5.14. The molecule has 0 atom stereocenters. The van der Waals surface area contributed by atoms with Crippen LogP contribution in [0.4, 0.5) is 10.8 Å². The van der Waals surface area contributed by atoms with Crippen molar-refractivity contribution in [2.75, 3.05) is 10.6 Å². The van der Waals surface area contributed by atoms with Crippen molar-refractivity contribution in [3.8, 4) is 22.8 Å². The highest BCUT2D eigenvalue weighted by Crippen LogP contribution is 2.34. The molecule has 0 aliphatic rings. The number of furan rings is 1. The summed E-state index contributed by atoms with van der Waals surface area (Å²) in [6.07, 6.45) is 1.58. The lowest BCUT2D eigenvalue weighted by molar-refractivity contribution is -0.114. The highest BCUT2D eigenvalue weighted by atomic mass is 32.1. The number of aromatic nitrogens is 3. The summed E-state index contributed by atoms with van der Waals surface area (Å²) < 4.78 is 5.42. The van der Waals surface area contributed by atoms with E-state index in [0.29, 0.717) is 27.3 Å². The lowest BCUT2D eigenvalue weighted by Crippen LogP contribution is -2.11. The van der Waals surface area contributed by atoms with E-state index in [1.54, 1.807) is 12.3 Å². The lowest BCUT2D eigenvalue weighted by Gasteiger charge is -2.03. The average molecular weight is 490 g/mol. The number of nitrogens with zero attached hydrogens (tertiary/aromatic N) is 3. The van der Waals surface area contributed by atoms with Crippen molar-refractivity contribution >= 4 is 55.5 Å². The Labute approximate surface area is 202 Å². The number of amides is 2. The van der Waals surface area contributed by atoms with E-state index >= 15 is 0 Å². The molecule has 2 N–H and O–H groups in total. The molecule has 34 heavy (non-hydrogen) atoms. The van der Waals surface area contributed by atoms with Crippen LogP contribution in [0.1, 0.15) is 27.9 Å².